The van der Waals surface area contributed by atoms with E-state index in [4.69, 9.17) is 16.3 Å². The summed E-state index contributed by atoms with van der Waals surface area (Å²) in [6.07, 6.45) is 2.43. The van der Waals surface area contributed by atoms with E-state index in [0.717, 1.165) is 17.6 Å². The lowest BCUT2D eigenvalue weighted by Gasteiger charge is -2.04. The molecule has 0 amide bonds. The van der Waals surface area contributed by atoms with Gasteiger partial charge < -0.3 is 4.74 Å². The number of hydrogen-bond donors (Lipinski definition) is 0. The van der Waals surface area contributed by atoms with Gasteiger partial charge in [-0.1, -0.05) is 23.7 Å². The summed E-state index contributed by atoms with van der Waals surface area (Å²) >= 11 is 7.06. The van der Waals surface area contributed by atoms with Crippen molar-refractivity contribution in [3.05, 3.63) is 40.4 Å². The van der Waals surface area contributed by atoms with Crippen LogP contribution < -0.4 is 0 Å². The zero-order valence-electron chi connectivity index (χ0n) is 12.6. The second-order valence-corrected chi connectivity index (χ2v) is 8.34. The highest BCUT2D eigenvalue weighted by Gasteiger charge is 2.23. The van der Waals surface area contributed by atoms with Crippen molar-refractivity contribution >= 4 is 49.0 Å². The molecule has 9 heteroatoms. The number of aromatic nitrogens is 2. The Labute approximate surface area is 147 Å². The van der Waals surface area contributed by atoms with Gasteiger partial charge in [0.1, 0.15) is 4.88 Å². The molecule has 0 aliphatic carbocycles. The van der Waals surface area contributed by atoms with Crippen molar-refractivity contribution in [2.75, 3.05) is 13.4 Å². The van der Waals surface area contributed by atoms with Crippen LogP contribution in [-0.2, 0) is 14.6 Å². The van der Waals surface area contributed by atoms with Crippen LogP contribution in [0, 0.1) is 0 Å². The molecule has 0 N–H and O–H groups in total. The number of nitrogens with zero attached hydrogens (tertiary/aromatic N) is 2. The van der Waals surface area contributed by atoms with Gasteiger partial charge in [0.25, 0.3) is 0 Å². The summed E-state index contributed by atoms with van der Waals surface area (Å²) in [6.45, 7) is 0. The smallest absolute Gasteiger partial charge is 0.348 e. The lowest BCUT2D eigenvalue weighted by molar-refractivity contribution is 0.0607. The molecule has 6 nitrogen and oxygen atoms in total. The van der Waals surface area contributed by atoms with Crippen molar-refractivity contribution in [1.29, 1.82) is 0 Å². The van der Waals surface area contributed by atoms with Crippen LogP contribution in [0.25, 0.3) is 21.3 Å². The third-order valence-electron chi connectivity index (χ3n) is 3.24. The van der Waals surface area contributed by atoms with Crippen LogP contribution in [0.15, 0.2) is 35.6 Å². The van der Waals surface area contributed by atoms with Gasteiger partial charge in [0, 0.05) is 23.0 Å². The first kappa shape index (κ1) is 16.8. The summed E-state index contributed by atoms with van der Waals surface area (Å²) in [5.74, 6) is -0.524. The van der Waals surface area contributed by atoms with E-state index in [1.807, 2.05) is 0 Å². The zero-order valence-corrected chi connectivity index (χ0v) is 15.0. The summed E-state index contributed by atoms with van der Waals surface area (Å²) < 4.78 is 28.9. The maximum Gasteiger partial charge on any atom is 0.348 e. The third kappa shape index (κ3) is 3.00. The maximum absolute atomic E-state index is 12.1. The number of thiophene rings is 1. The number of carbonyl (C=O) groups is 1. The number of rotatable bonds is 3. The minimum absolute atomic E-state index is 0.292. The Bertz CT molecular complexity index is 1040. The first-order valence-electron chi connectivity index (χ1n) is 6.65. The molecule has 0 spiro atoms. The molecule has 0 atom stereocenters. The predicted octanol–water partition coefficient (Wildman–Crippen LogP) is 3.20. The molecule has 2 heterocycles. The van der Waals surface area contributed by atoms with Gasteiger partial charge >= 0.3 is 5.97 Å². The highest BCUT2D eigenvalue weighted by atomic mass is 35.5. The van der Waals surface area contributed by atoms with Crippen LogP contribution in [0.3, 0.4) is 0 Å². The first-order chi connectivity index (χ1) is 11.3. The summed E-state index contributed by atoms with van der Waals surface area (Å²) in [5.41, 5.74) is 1.58. The van der Waals surface area contributed by atoms with Crippen LogP contribution in [-0.4, -0.2) is 37.7 Å². The Kier molecular flexibility index (Phi) is 4.29. The largest absolute Gasteiger partial charge is 0.465 e. The van der Waals surface area contributed by atoms with E-state index >= 15 is 0 Å². The van der Waals surface area contributed by atoms with E-state index in [-0.39, 0.29) is 5.16 Å². The monoisotopic (exact) mass is 382 g/mol. The van der Waals surface area contributed by atoms with Crippen molar-refractivity contribution in [1.82, 2.24) is 9.97 Å². The van der Waals surface area contributed by atoms with Gasteiger partial charge in [0.2, 0.25) is 15.0 Å². The van der Waals surface area contributed by atoms with Crippen molar-refractivity contribution in [2.45, 2.75) is 5.16 Å². The quantitative estimate of drug-likeness (QED) is 0.510. The Balaban J connectivity index is 2.37. The summed E-state index contributed by atoms with van der Waals surface area (Å²) in [7, 11) is -2.29. The fourth-order valence-corrected chi connectivity index (χ4v) is 3.86. The molecule has 0 radical (unpaired) electrons. The fourth-order valence-electron chi connectivity index (χ4n) is 2.18. The van der Waals surface area contributed by atoms with Gasteiger partial charge in [-0.15, -0.1) is 11.3 Å². The van der Waals surface area contributed by atoms with Crippen LogP contribution in [0.5, 0.6) is 0 Å². The lowest BCUT2D eigenvalue weighted by Crippen LogP contribution is -2.04. The van der Waals surface area contributed by atoms with Gasteiger partial charge in [-0.3, -0.25) is 0 Å². The minimum Gasteiger partial charge on any atom is -0.465 e. The molecule has 0 aliphatic heterocycles. The van der Waals surface area contributed by atoms with Crippen LogP contribution in [0.4, 0.5) is 0 Å². The van der Waals surface area contributed by atoms with Crippen molar-refractivity contribution in [3.8, 4) is 11.1 Å². The van der Waals surface area contributed by atoms with E-state index in [1.54, 1.807) is 24.3 Å². The second-order valence-electron chi connectivity index (χ2n) is 4.94. The Hall–Kier alpha value is -2.03. The van der Waals surface area contributed by atoms with Gasteiger partial charge in [0.05, 0.1) is 17.3 Å². The number of hydrogen-bond acceptors (Lipinski definition) is 7. The fraction of sp³-hybridized carbons (Fsp3) is 0.133. The van der Waals surface area contributed by atoms with Crippen molar-refractivity contribution in [2.24, 2.45) is 0 Å². The molecule has 0 saturated heterocycles. The number of ether oxygens (including phenoxy) is 1. The number of halogens is 1. The molecule has 0 saturated carbocycles. The van der Waals surface area contributed by atoms with Crippen molar-refractivity contribution < 1.29 is 17.9 Å². The molecule has 0 unspecified atom stereocenters. The van der Waals surface area contributed by atoms with Crippen LogP contribution in [0.1, 0.15) is 9.67 Å². The number of sulfone groups is 1. The van der Waals surface area contributed by atoms with E-state index in [9.17, 15) is 13.2 Å². The van der Waals surface area contributed by atoms with Gasteiger partial charge in [-0.05, 0) is 17.7 Å². The topological polar surface area (TPSA) is 86.2 Å². The molecule has 2 aromatic heterocycles. The standard InChI is InChI=1S/C15H11ClN2O4S2/c1-22-14(19)13-11(8-3-5-9(16)6-4-8)12-10(23-13)7-17-15(18-12)24(2,20)21/h3-7H,1-2H3. The third-order valence-corrected chi connectivity index (χ3v) is 5.45. The van der Waals surface area contributed by atoms with Gasteiger partial charge in [-0.25, -0.2) is 23.2 Å². The highest BCUT2D eigenvalue weighted by Crippen LogP contribution is 2.38. The predicted molar refractivity (Wildman–Crippen MR) is 92.3 cm³/mol. The molecule has 0 fully saturated rings. The summed E-state index contributed by atoms with van der Waals surface area (Å²) in [5, 5.41) is 0.254. The maximum atomic E-state index is 12.1. The molecule has 3 aromatic rings. The molecule has 0 bridgehead atoms. The van der Waals surface area contributed by atoms with Crippen LogP contribution >= 0.6 is 22.9 Å². The number of benzene rings is 1. The lowest BCUT2D eigenvalue weighted by atomic mass is 10.1. The molecule has 0 aliphatic rings. The number of esters is 1. The minimum atomic E-state index is -3.57. The zero-order chi connectivity index (χ0) is 17.5. The normalized spacial score (nSPS) is 11.6. The summed E-state index contributed by atoms with van der Waals surface area (Å²) in [4.78, 5) is 20.5. The molecule has 1 aromatic carbocycles. The van der Waals surface area contributed by atoms with E-state index in [2.05, 4.69) is 9.97 Å². The number of carbonyl (C=O) groups excluding carboxylic acids is 1. The molecule has 24 heavy (non-hydrogen) atoms. The SMILES string of the molecule is COC(=O)c1sc2cnc(S(C)(=O)=O)nc2c1-c1ccc(Cl)cc1. The van der Waals surface area contributed by atoms with Crippen LogP contribution in [0.2, 0.25) is 5.02 Å². The summed E-state index contributed by atoms with van der Waals surface area (Å²) in [6, 6.07) is 6.83. The number of fused-ring (bicyclic) bond motifs is 1. The van der Waals surface area contributed by atoms with E-state index in [0.29, 0.717) is 31.2 Å². The number of methoxy groups -OCH3 is 1. The average Bonchev–Trinajstić information content (AvgIpc) is 2.92. The highest BCUT2D eigenvalue weighted by molar-refractivity contribution is 7.90. The van der Waals surface area contributed by atoms with Crippen molar-refractivity contribution in [3.63, 3.8) is 0 Å². The van der Waals surface area contributed by atoms with E-state index in [1.165, 1.54) is 13.3 Å². The van der Waals surface area contributed by atoms with Gasteiger partial charge in [0.15, 0.2) is 0 Å². The van der Waals surface area contributed by atoms with E-state index < -0.39 is 15.8 Å². The Morgan fingerprint density at radius 1 is 1.25 bits per heavy atom. The average molecular weight is 383 g/mol. The Morgan fingerprint density at radius 2 is 1.92 bits per heavy atom. The molecule has 124 valence electrons. The Morgan fingerprint density at radius 3 is 2.50 bits per heavy atom. The first-order valence-corrected chi connectivity index (χ1v) is 9.73. The molecular weight excluding hydrogens is 372 g/mol. The molecular formula is C15H11ClN2O4S2. The second kappa shape index (κ2) is 6.12. The molecule has 3 rings (SSSR count). The van der Waals surface area contributed by atoms with Gasteiger partial charge in [-0.2, -0.15) is 0 Å².